The number of aromatic amines is 1. The zero-order valence-corrected chi connectivity index (χ0v) is 13.2. The van der Waals surface area contributed by atoms with E-state index in [0.29, 0.717) is 11.3 Å². The standard InChI is InChI=1S/C17H15N5O2/c1-21-14-6-4-11(8-15(14)22(2)17(21)24)20-16(23)10-3-5-12-13(7-10)19-9-18-12/h3-9H,1-2H3,(H,18,19)(H,20,23). The number of rotatable bonds is 2. The van der Waals surface area contributed by atoms with Crippen molar-refractivity contribution in [2.24, 2.45) is 14.1 Å². The van der Waals surface area contributed by atoms with Gasteiger partial charge in [0.15, 0.2) is 0 Å². The van der Waals surface area contributed by atoms with Gasteiger partial charge in [-0.25, -0.2) is 9.78 Å². The molecule has 0 aliphatic carbocycles. The molecule has 120 valence electrons. The van der Waals surface area contributed by atoms with Crippen molar-refractivity contribution in [1.29, 1.82) is 0 Å². The molecule has 2 aromatic heterocycles. The van der Waals surface area contributed by atoms with Gasteiger partial charge in [0.05, 0.1) is 28.4 Å². The van der Waals surface area contributed by atoms with Crippen LogP contribution in [0.3, 0.4) is 0 Å². The number of nitrogens with one attached hydrogen (secondary N) is 2. The minimum atomic E-state index is -0.216. The summed E-state index contributed by atoms with van der Waals surface area (Å²) in [6, 6.07) is 10.7. The number of aromatic nitrogens is 4. The number of carbonyl (C=O) groups is 1. The molecule has 0 aliphatic rings. The lowest BCUT2D eigenvalue weighted by Gasteiger charge is -2.06. The zero-order chi connectivity index (χ0) is 16.8. The molecule has 24 heavy (non-hydrogen) atoms. The maximum Gasteiger partial charge on any atom is 0.328 e. The maximum absolute atomic E-state index is 12.5. The summed E-state index contributed by atoms with van der Waals surface area (Å²) in [5, 5.41) is 2.87. The first-order valence-electron chi connectivity index (χ1n) is 7.44. The quantitative estimate of drug-likeness (QED) is 0.592. The van der Waals surface area contributed by atoms with Gasteiger partial charge < -0.3 is 10.3 Å². The minimum Gasteiger partial charge on any atom is -0.345 e. The van der Waals surface area contributed by atoms with Crippen molar-refractivity contribution in [3.8, 4) is 0 Å². The molecule has 0 saturated heterocycles. The van der Waals surface area contributed by atoms with E-state index in [2.05, 4.69) is 15.3 Å². The molecule has 0 saturated carbocycles. The Morgan fingerprint density at radius 3 is 2.71 bits per heavy atom. The molecule has 0 radical (unpaired) electrons. The Hall–Kier alpha value is -3.35. The number of aryl methyl sites for hydroxylation is 2. The first-order valence-corrected chi connectivity index (χ1v) is 7.44. The van der Waals surface area contributed by atoms with Crippen molar-refractivity contribution >= 4 is 33.7 Å². The fourth-order valence-corrected chi connectivity index (χ4v) is 2.86. The molecule has 0 atom stereocenters. The fraction of sp³-hybridized carbons (Fsp3) is 0.118. The second kappa shape index (κ2) is 5.09. The summed E-state index contributed by atoms with van der Waals surface area (Å²) in [6.07, 6.45) is 1.59. The molecule has 7 heteroatoms. The molecule has 2 N–H and O–H groups in total. The Bertz CT molecular complexity index is 1150. The summed E-state index contributed by atoms with van der Waals surface area (Å²) < 4.78 is 3.13. The van der Waals surface area contributed by atoms with Crippen LogP contribution in [0.4, 0.5) is 5.69 Å². The lowest BCUT2D eigenvalue weighted by atomic mass is 10.2. The largest absolute Gasteiger partial charge is 0.345 e. The number of amides is 1. The molecular formula is C17H15N5O2. The lowest BCUT2D eigenvalue weighted by molar-refractivity contribution is 0.102. The average molecular weight is 321 g/mol. The van der Waals surface area contributed by atoms with Gasteiger partial charge >= 0.3 is 5.69 Å². The smallest absolute Gasteiger partial charge is 0.328 e. The summed E-state index contributed by atoms with van der Waals surface area (Å²) in [5.74, 6) is -0.216. The number of carbonyl (C=O) groups excluding carboxylic acids is 1. The van der Waals surface area contributed by atoms with Crippen molar-refractivity contribution in [2.45, 2.75) is 0 Å². The van der Waals surface area contributed by atoms with E-state index in [1.165, 1.54) is 0 Å². The van der Waals surface area contributed by atoms with E-state index < -0.39 is 0 Å². The van der Waals surface area contributed by atoms with Gasteiger partial charge in [-0.15, -0.1) is 0 Å². The molecular weight excluding hydrogens is 306 g/mol. The van der Waals surface area contributed by atoms with E-state index in [0.717, 1.165) is 22.1 Å². The Morgan fingerprint density at radius 1 is 1.08 bits per heavy atom. The number of imidazole rings is 2. The van der Waals surface area contributed by atoms with Crippen LogP contribution >= 0.6 is 0 Å². The van der Waals surface area contributed by atoms with Crippen molar-refractivity contribution in [1.82, 2.24) is 19.1 Å². The lowest BCUT2D eigenvalue weighted by Crippen LogP contribution is -2.19. The normalized spacial score (nSPS) is 11.2. The molecule has 0 bridgehead atoms. The van der Waals surface area contributed by atoms with Crippen LogP contribution in [0.2, 0.25) is 0 Å². The third-order valence-corrected chi connectivity index (χ3v) is 4.21. The van der Waals surface area contributed by atoms with Gasteiger partial charge in [0.25, 0.3) is 5.91 Å². The van der Waals surface area contributed by atoms with Gasteiger partial charge in [-0.05, 0) is 36.4 Å². The van der Waals surface area contributed by atoms with Crippen molar-refractivity contribution in [3.63, 3.8) is 0 Å². The third kappa shape index (κ3) is 2.10. The SMILES string of the molecule is Cn1c(=O)n(C)c2cc(NC(=O)c3ccc4nc[nH]c4c3)ccc21. The molecule has 4 aromatic rings. The van der Waals surface area contributed by atoms with E-state index >= 15 is 0 Å². The van der Waals surface area contributed by atoms with Gasteiger partial charge in [-0.3, -0.25) is 13.9 Å². The Labute approximate surface area is 136 Å². The van der Waals surface area contributed by atoms with Gasteiger partial charge in [0.1, 0.15) is 0 Å². The van der Waals surface area contributed by atoms with Crippen LogP contribution in [-0.2, 0) is 14.1 Å². The van der Waals surface area contributed by atoms with Gasteiger partial charge in [-0.2, -0.15) is 0 Å². The van der Waals surface area contributed by atoms with E-state index in [9.17, 15) is 9.59 Å². The molecule has 0 fully saturated rings. The van der Waals surface area contributed by atoms with Crippen LogP contribution in [0.25, 0.3) is 22.1 Å². The average Bonchev–Trinajstić information content (AvgIpc) is 3.14. The number of fused-ring (bicyclic) bond motifs is 2. The van der Waals surface area contributed by atoms with E-state index in [1.807, 2.05) is 6.07 Å². The van der Waals surface area contributed by atoms with E-state index in [1.54, 1.807) is 59.9 Å². The number of anilines is 1. The first kappa shape index (κ1) is 14.3. The molecule has 0 aliphatic heterocycles. The Balaban J connectivity index is 1.69. The summed E-state index contributed by atoms with van der Waals surface area (Å²) in [7, 11) is 3.44. The highest BCUT2D eigenvalue weighted by Gasteiger charge is 2.11. The van der Waals surface area contributed by atoms with Gasteiger partial charge in [0, 0.05) is 25.3 Å². The van der Waals surface area contributed by atoms with E-state index in [4.69, 9.17) is 0 Å². The van der Waals surface area contributed by atoms with Crippen LogP contribution in [0.1, 0.15) is 10.4 Å². The topological polar surface area (TPSA) is 84.7 Å². The molecule has 0 unspecified atom stereocenters. The van der Waals surface area contributed by atoms with Gasteiger partial charge in [-0.1, -0.05) is 0 Å². The highest BCUT2D eigenvalue weighted by molar-refractivity contribution is 6.06. The fourth-order valence-electron chi connectivity index (χ4n) is 2.86. The molecule has 2 aromatic carbocycles. The van der Waals surface area contributed by atoms with Crippen molar-refractivity contribution in [2.75, 3.05) is 5.32 Å². The maximum atomic E-state index is 12.5. The Kier molecular flexibility index (Phi) is 3.02. The van der Waals surface area contributed by atoms with Crippen LogP contribution in [0, 0.1) is 0 Å². The summed E-state index contributed by atoms with van der Waals surface area (Å²) in [6.45, 7) is 0. The summed E-state index contributed by atoms with van der Waals surface area (Å²) in [4.78, 5) is 31.5. The van der Waals surface area contributed by atoms with Crippen molar-refractivity contribution < 1.29 is 4.79 Å². The second-order valence-corrected chi connectivity index (χ2v) is 5.69. The predicted molar refractivity (Wildman–Crippen MR) is 92.2 cm³/mol. The molecule has 2 heterocycles. The van der Waals surface area contributed by atoms with Gasteiger partial charge in [0.2, 0.25) is 0 Å². The van der Waals surface area contributed by atoms with E-state index in [-0.39, 0.29) is 11.6 Å². The molecule has 0 spiro atoms. The van der Waals surface area contributed by atoms with Crippen molar-refractivity contribution in [3.05, 3.63) is 58.8 Å². The number of hydrogen-bond acceptors (Lipinski definition) is 3. The summed E-state index contributed by atoms with van der Waals surface area (Å²) in [5.41, 5.74) is 4.28. The second-order valence-electron chi connectivity index (χ2n) is 5.69. The predicted octanol–water partition coefficient (Wildman–Crippen LogP) is 2.01. The third-order valence-electron chi connectivity index (χ3n) is 4.21. The monoisotopic (exact) mass is 321 g/mol. The molecule has 4 rings (SSSR count). The van der Waals surface area contributed by atoms with Crippen LogP contribution in [0.5, 0.6) is 0 Å². The van der Waals surface area contributed by atoms with Crippen LogP contribution in [-0.4, -0.2) is 25.0 Å². The Morgan fingerprint density at radius 2 is 1.88 bits per heavy atom. The van der Waals surface area contributed by atoms with Crippen LogP contribution < -0.4 is 11.0 Å². The number of hydrogen-bond donors (Lipinski definition) is 2. The highest BCUT2D eigenvalue weighted by atomic mass is 16.2. The first-order chi connectivity index (χ1) is 11.5. The zero-order valence-electron chi connectivity index (χ0n) is 13.2. The molecule has 1 amide bonds. The number of benzene rings is 2. The highest BCUT2D eigenvalue weighted by Crippen LogP contribution is 2.19. The number of nitrogens with zero attached hydrogens (tertiary/aromatic N) is 3. The summed E-state index contributed by atoms with van der Waals surface area (Å²) >= 11 is 0. The molecule has 7 nitrogen and oxygen atoms in total. The number of H-pyrrole nitrogens is 1. The minimum absolute atomic E-state index is 0.0989. The van der Waals surface area contributed by atoms with Crippen LogP contribution in [0.15, 0.2) is 47.5 Å².